The minimum absolute atomic E-state index is 0.0558. The van der Waals surface area contributed by atoms with Gasteiger partial charge >= 0.3 is 0 Å². The van der Waals surface area contributed by atoms with E-state index in [4.69, 9.17) is 4.79 Å². The van der Waals surface area contributed by atoms with E-state index in [0.29, 0.717) is 0 Å². The highest BCUT2D eigenvalue weighted by molar-refractivity contribution is 5.96. The summed E-state index contributed by atoms with van der Waals surface area (Å²) < 4.78 is 0. The van der Waals surface area contributed by atoms with Crippen LogP contribution in [0.1, 0.15) is 23.1 Å². The lowest BCUT2D eigenvalue weighted by molar-refractivity contribution is -0.0979. The fourth-order valence-corrected chi connectivity index (χ4v) is 4.69. The van der Waals surface area contributed by atoms with Crippen molar-refractivity contribution in [1.29, 1.82) is 0 Å². The molecule has 0 aliphatic carbocycles. The van der Waals surface area contributed by atoms with E-state index in [-0.39, 0.29) is 5.56 Å². The molecule has 1 saturated heterocycles. The van der Waals surface area contributed by atoms with Crippen molar-refractivity contribution in [1.82, 2.24) is 14.9 Å². The van der Waals surface area contributed by atoms with Crippen LogP contribution in [0.5, 0.6) is 0 Å². The summed E-state index contributed by atoms with van der Waals surface area (Å²) in [5.74, 6) is 1.06. The number of aryl methyl sites for hydroxylation is 1. The second kappa shape index (κ2) is 9.31. The molecule has 7 heteroatoms. The van der Waals surface area contributed by atoms with Crippen LogP contribution in [0.2, 0.25) is 0 Å². The van der Waals surface area contributed by atoms with Crippen molar-refractivity contribution in [2.24, 2.45) is 0 Å². The van der Waals surface area contributed by atoms with Gasteiger partial charge < -0.3 is 20.0 Å². The van der Waals surface area contributed by atoms with Gasteiger partial charge in [0.2, 0.25) is 0 Å². The second-order valence-corrected chi connectivity index (χ2v) is 8.12. The number of nitrogens with one attached hydrogen (secondary N) is 2. The van der Waals surface area contributed by atoms with Crippen LogP contribution < -0.4 is 15.8 Å². The number of aromatic nitrogens is 2. The summed E-state index contributed by atoms with van der Waals surface area (Å²) in [6, 6.07) is 10.5. The van der Waals surface area contributed by atoms with Gasteiger partial charge in [-0.25, -0.2) is 4.98 Å². The van der Waals surface area contributed by atoms with Gasteiger partial charge in [0.05, 0.1) is 11.2 Å². The van der Waals surface area contributed by atoms with Crippen LogP contribution >= 0.6 is 0 Å². The number of nitrogens with zero attached hydrogens (tertiary/aromatic N) is 3. The summed E-state index contributed by atoms with van der Waals surface area (Å²) in [6.07, 6.45) is 3.73. The van der Waals surface area contributed by atoms with Gasteiger partial charge in [0.15, 0.2) is 0 Å². The highest BCUT2D eigenvalue weighted by Gasteiger charge is 2.20. The number of carbonyl (C=O) groups is 1. The van der Waals surface area contributed by atoms with Gasteiger partial charge in [-0.15, -0.1) is 0 Å². The van der Waals surface area contributed by atoms with Crippen LogP contribution in [0.4, 0.5) is 11.5 Å². The zero-order valence-corrected chi connectivity index (χ0v) is 18.0. The van der Waals surface area contributed by atoms with E-state index in [0.717, 1.165) is 74.7 Å². The van der Waals surface area contributed by atoms with E-state index >= 15 is 0 Å². The molecule has 4 heterocycles. The Labute approximate surface area is 182 Å². The Balaban J connectivity index is 0.00000112. The van der Waals surface area contributed by atoms with E-state index in [1.165, 1.54) is 16.5 Å². The van der Waals surface area contributed by atoms with E-state index < -0.39 is 0 Å². The summed E-state index contributed by atoms with van der Waals surface area (Å²) in [5.41, 5.74) is 5.44. The SMILES string of the molecule is C=O.Cc1cc(CN2CCN(c3ccccn3)CC2)cc2[nH]c(=O)c3c(c12)NCCC3. The van der Waals surface area contributed by atoms with E-state index in [1.54, 1.807) is 0 Å². The lowest BCUT2D eigenvalue weighted by atomic mass is 9.97. The topological polar surface area (TPSA) is 81.3 Å². The Hall–Kier alpha value is -3.19. The third kappa shape index (κ3) is 4.32. The Kier molecular flexibility index (Phi) is 6.32. The van der Waals surface area contributed by atoms with Crippen LogP contribution in [-0.2, 0) is 17.8 Å². The van der Waals surface area contributed by atoms with Gasteiger partial charge in [0.25, 0.3) is 5.56 Å². The Morgan fingerprint density at radius 2 is 1.94 bits per heavy atom. The van der Waals surface area contributed by atoms with Crippen LogP contribution in [0, 0.1) is 6.92 Å². The molecule has 0 spiro atoms. The first-order chi connectivity index (χ1) is 15.2. The zero-order chi connectivity index (χ0) is 21.8. The Bertz CT molecular complexity index is 1100. The van der Waals surface area contributed by atoms with Crippen LogP contribution in [0.3, 0.4) is 0 Å². The fourth-order valence-electron chi connectivity index (χ4n) is 4.69. The monoisotopic (exact) mass is 419 g/mol. The third-order valence-corrected chi connectivity index (χ3v) is 6.13. The van der Waals surface area contributed by atoms with Crippen LogP contribution in [-0.4, -0.2) is 54.4 Å². The molecule has 5 rings (SSSR count). The first-order valence-electron chi connectivity index (χ1n) is 10.8. The lowest BCUT2D eigenvalue weighted by Crippen LogP contribution is -2.46. The third-order valence-electron chi connectivity index (χ3n) is 6.13. The number of rotatable bonds is 3. The van der Waals surface area contributed by atoms with Crippen molar-refractivity contribution in [3.63, 3.8) is 0 Å². The smallest absolute Gasteiger partial charge is 0.253 e. The number of piperazine rings is 1. The van der Waals surface area contributed by atoms with Gasteiger partial charge in [0.1, 0.15) is 12.6 Å². The number of benzene rings is 1. The van der Waals surface area contributed by atoms with Crippen molar-refractivity contribution in [3.8, 4) is 0 Å². The summed E-state index contributed by atoms with van der Waals surface area (Å²) in [7, 11) is 0. The average molecular weight is 420 g/mol. The molecule has 0 unspecified atom stereocenters. The molecule has 0 radical (unpaired) electrons. The number of H-pyrrole nitrogens is 1. The predicted octanol–water partition coefficient (Wildman–Crippen LogP) is 2.73. The molecular weight excluding hydrogens is 390 g/mol. The zero-order valence-electron chi connectivity index (χ0n) is 18.0. The van der Waals surface area contributed by atoms with Gasteiger partial charge in [-0.05, 0) is 49.1 Å². The molecule has 0 amide bonds. The molecule has 2 N–H and O–H groups in total. The largest absolute Gasteiger partial charge is 0.384 e. The lowest BCUT2D eigenvalue weighted by Gasteiger charge is -2.35. The molecule has 3 aromatic rings. The van der Waals surface area contributed by atoms with E-state index in [2.05, 4.69) is 50.2 Å². The summed E-state index contributed by atoms with van der Waals surface area (Å²) in [4.78, 5) is 33.0. The Morgan fingerprint density at radius 1 is 1.13 bits per heavy atom. The highest BCUT2D eigenvalue weighted by atomic mass is 16.1. The maximum Gasteiger partial charge on any atom is 0.253 e. The van der Waals surface area contributed by atoms with Gasteiger partial charge in [-0.2, -0.15) is 0 Å². The van der Waals surface area contributed by atoms with Crippen LogP contribution in [0.15, 0.2) is 41.3 Å². The molecule has 1 fully saturated rings. The molecule has 1 aromatic carbocycles. The summed E-state index contributed by atoms with van der Waals surface area (Å²) >= 11 is 0. The maximum atomic E-state index is 12.5. The van der Waals surface area contributed by atoms with Crippen molar-refractivity contribution >= 4 is 29.2 Å². The number of hydrogen-bond donors (Lipinski definition) is 2. The molecule has 162 valence electrons. The Morgan fingerprint density at radius 3 is 2.68 bits per heavy atom. The van der Waals surface area contributed by atoms with Crippen molar-refractivity contribution in [3.05, 3.63) is 63.6 Å². The average Bonchev–Trinajstić information content (AvgIpc) is 2.81. The highest BCUT2D eigenvalue weighted by Crippen LogP contribution is 2.31. The van der Waals surface area contributed by atoms with Crippen molar-refractivity contribution < 1.29 is 4.79 Å². The van der Waals surface area contributed by atoms with Crippen molar-refractivity contribution in [2.75, 3.05) is 42.9 Å². The first kappa shape index (κ1) is 21.1. The number of aromatic amines is 1. The number of pyridine rings is 2. The van der Waals surface area contributed by atoms with Gasteiger partial charge in [-0.3, -0.25) is 9.69 Å². The molecule has 7 nitrogen and oxygen atoms in total. The molecule has 2 aromatic heterocycles. The van der Waals surface area contributed by atoms with Gasteiger partial charge in [0, 0.05) is 56.4 Å². The normalized spacial score (nSPS) is 16.2. The number of fused-ring (bicyclic) bond motifs is 3. The molecular formula is C24H29N5O2. The van der Waals surface area contributed by atoms with E-state index in [1.807, 2.05) is 25.1 Å². The summed E-state index contributed by atoms with van der Waals surface area (Å²) in [5, 5.41) is 4.64. The number of hydrogen-bond acceptors (Lipinski definition) is 6. The molecule has 0 saturated carbocycles. The predicted molar refractivity (Wildman–Crippen MR) is 125 cm³/mol. The standard InChI is InChI=1S/C23H27N5O.CH2O/c1-16-13-17(14-19-21(16)22-18(23(29)26-19)5-4-8-25-22)15-27-9-11-28(12-10-27)20-6-2-3-7-24-20;1-2/h2-3,6-7,13-14,25H,4-5,8-12,15H2,1H3,(H,26,29);1H2. The number of carbonyl (C=O) groups excluding carboxylic acids is 1. The maximum absolute atomic E-state index is 12.5. The quantitative estimate of drug-likeness (QED) is 0.679. The second-order valence-electron chi connectivity index (χ2n) is 8.12. The summed E-state index contributed by atoms with van der Waals surface area (Å²) in [6.45, 7) is 9.98. The van der Waals surface area contributed by atoms with Crippen LogP contribution in [0.25, 0.3) is 10.9 Å². The van der Waals surface area contributed by atoms with Gasteiger partial charge in [-0.1, -0.05) is 12.1 Å². The molecule has 2 aliphatic rings. The first-order valence-corrected chi connectivity index (χ1v) is 10.8. The molecule has 2 aliphatic heterocycles. The van der Waals surface area contributed by atoms with Crippen molar-refractivity contribution in [2.45, 2.75) is 26.3 Å². The minimum atomic E-state index is 0.0558. The molecule has 0 atom stereocenters. The van der Waals surface area contributed by atoms with E-state index in [9.17, 15) is 4.79 Å². The molecule has 31 heavy (non-hydrogen) atoms. The fraction of sp³-hybridized carbons (Fsp3) is 0.375. The molecule has 0 bridgehead atoms. The minimum Gasteiger partial charge on any atom is -0.384 e. The number of anilines is 2.